The van der Waals surface area contributed by atoms with Crippen LogP contribution in [-0.4, -0.2) is 34.9 Å². The predicted molar refractivity (Wildman–Crippen MR) is 81.9 cm³/mol. The van der Waals surface area contributed by atoms with E-state index in [0.29, 0.717) is 17.5 Å². The Morgan fingerprint density at radius 2 is 2.30 bits per heavy atom. The summed E-state index contributed by atoms with van der Waals surface area (Å²) in [6.07, 6.45) is 6.75. The fourth-order valence-electron chi connectivity index (χ4n) is 2.76. The first-order chi connectivity index (χ1) is 9.65. The van der Waals surface area contributed by atoms with Crippen LogP contribution in [0.15, 0.2) is 18.5 Å². The second-order valence-corrected chi connectivity index (χ2v) is 5.71. The highest BCUT2D eigenvalue weighted by Crippen LogP contribution is 2.26. The average Bonchev–Trinajstić information content (AvgIpc) is 2.47. The molecule has 2 unspecified atom stereocenters. The quantitative estimate of drug-likeness (QED) is 0.918. The molecule has 1 aromatic rings. The van der Waals surface area contributed by atoms with Crippen molar-refractivity contribution in [2.75, 3.05) is 18.4 Å². The van der Waals surface area contributed by atoms with E-state index in [1.165, 1.54) is 6.42 Å². The van der Waals surface area contributed by atoms with E-state index in [2.05, 4.69) is 31.1 Å². The molecule has 4 heteroatoms. The van der Waals surface area contributed by atoms with Crippen LogP contribution < -0.4 is 5.32 Å². The van der Waals surface area contributed by atoms with Gasteiger partial charge < -0.3 is 10.2 Å². The normalized spacial score (nSPS) is 22.6. The summed E-state index contributed by atoms with van der Waals surface area (Å²) in [5, 5.41) is 3.32. The predicted octanol–water partition coefficient (Wildman–Crippen LogP) is 3.16. The molecule has 1 aliphatic rings. The number of aromatic nitrogens is 1. The molecular formula is C16H25N3O. The number of nitrogens with one attached hydrogen (secondary N) is 1. The van der Waals surface area contributed by atoms with Crippen molar-refractivity contribution in [3.8, 4) is 0 Å². The SMILES string of the molecule is CCCNc1ccncc1C(=O)N1CCCC(C)C1C. The third-order valence-corrected chi connectivity index (χ3v) is 4.25. The van der Waals surface area contributed by atoms with E-state index < -0.39 is 0 Å². The topological polar surface area (TPSA) is 45.2 Å². The summed E-state index contributed by atoms with van der Waals surface area (Å²) in [5.41, 5.74) is 1.60. The standard InChI is InChI=1S/C16H25N3O/c1-4-8-18-15-7-9-17-11-14(15)16(20)19-10-5-6-12(2)13(19)3/h7,9,11-13H,4-6,8,10H2,1-3H3,(H,17,18). The highest BCUT2D eigenvalue weighted by molar-refractivity contribution is 5.99. The molecular weight excluding hydrogens is 250 g/mol. The van der Waals surface area contributed by atoms with Gasteiger partial charge in [0.2, 0.25) is 0 Å². The van der Waals surface area contributed by atoms with Gasteiger partial charge in [-0.3, -0.25) is 9.78 Å². The zero-order valence-electron chi connectivity index (χ0n) is 12.7. The van der Waals surface area contributed by atoms with Crippen LogP contribution in [0, 0.1) is 5.92 Å². The van der Waals surface area contributed by atoms with Crippen LogP contribution in [0.1, 0.15) is 50.4 Å². The summed E-state index contributed by atoms with van der Waals surface area (Å²) in [5.74, 6) is 0.673. The van der Waals surface area contributed by atoms with Crippen LogP contribution in [-0.2, 0) is 0 Å². The number of nitrogens with zero attached hydrogens (tertiary/aromatic N) is 2. The van der Waals surface area contributed by atoms with Gasteiger partial charge in [0.1, 0.15) is 0 Å². The lowest BCUT2D eigenvalue weighted by Gasteiger charge is -2.38. The number of hydrogen-bond acceptors (Lipinski definition) is 3. The molecule has 1 saturated heterocycles. The van der Waals surface area contributed by atoms with Gasteiger partial charge in [-0.1, -0.05) is 13.8 Å². The highest BCUT2D eigenvalue weighted by Gasteiger charge is 2.30. The average molecular weight is 275 g/mol. The zero-order valence-corrected chi connectivity index (χ0v) is 12.7. The Kier molecular flexibility index (Phi) is 4.99. The molecule has 1 aromatic heterocycles. The molecule has 4 nitrogen and oxygen atoms in total. The van der Waals surface area contributed by atoms with Crippen molar-refractivity contribution in [1.82, 2.24) is 9.88 Å². The maximum absolute atomic E-state index is 12.8. The first kappa shape index (κ1) is 14.8. The Bertz CT molecular complexity index is 461. The summed E-state index contributed by atoms with van der Waals surface area (Å²) < 4.78 is 0. The second-order valence-electron chi connectivity index (χ2n) is 5.71. The van der Waals surface area contributed by atoms with Gasteiger partial charge in [-0.05, 0) is 38.2 Å². The second kappa shape index (κ2) is 6.73. The number of hydrogen-bond donors (Lipinski definition) is 1. The summed E-state index contributed by atoms with van der Waals surface area (Å²) in [4.78, 5) is 18.9. The van der Waals surface area contributed by atoms with Gasteiger partial charge in [-0.2, -0.15) is 0 Å². The molecule has 110 valence electrons. The maximum Gasteiger partial charge on any atom is 0.257 e. The number of piperidine rings is 1. The number of carbonyl (C=O) groups is 1. The van der Waals surface area contributed by atoms with Gasteiger partial charge in [-0.25, -0.2) is 0 Å². The highest BCUT2D eigenvalue weighted by atomic mass is 16.2. The van der Waals surface area contributed by atoms with Gasteiger partial charge in [0.15, 0.2) is 0 Å². The van der Waals surface area contributed by atoms with Gasteiger partial charge in [0.05, 0.1) is 11.3 Å². The molecule has 0 aromatic carbocycles. The molecule has 1 amide bonds. The molecule has 0 bridgehead atoms. The van der Waals surface area contributed by atoms with E-state index in [9.17, 15) is 4.79 Å². The monoisotopic (exact) mass is 275 g/mol. The smallest absolute Gasteiger partial charge is 0.257 e. The molecule has 2 heterocycles. The van der Waals surface area contributed by atoms with Crippen molar-refractivity contribution in [3.63, 3.8) is 0 Å². The molecule has 0 aliphatic carbocycles. The molecule has 0 spiro atoms. The minimum atomic E-state index is 0.107. The van der Waals surface area contributed by atoms with E-state index in [0.717, 1.165) is 31.6 Å². The Balaban J connectivity index is 2.19. The van der Waals surface area contributed by atoms with Crippen LogP contribution in [0.2, 0.25) is 0 Å². The van der Waals surface area contributed by atoms with E-state index in [-0.39, 0.29) is 5.91 Å². The van der Waals surface area contributed by atoms with E-state index in [4.69, 9.17) is 0 Å². The lowest BCUT2D eigenvalue weighted by molar-refractivity contribution is 0.0551. The number of rotatable bonds is 4. The number of likely N-dealkylation sites (tertiary alicyclic amines) is 1. The summed E-state index contributed by atoms with van der Waals surface area (Å²) in [6.45, 7) is 8.22. The molecule has 1 fully saturated rings. The van der Waals surface area contributed by atoms with Gasteiger partial charge in [-0.15, -0.1) is 0 Å². The van der Waals surface area contributed by atoms with Crippen molar-refractivity contribution in [3.05, 3.63) is 24.0 Å². The third-order valence-electron chi connectivity index (χ3n) is 4.25. The first-order valence-electron chi connectivity index (χ1n) is 7.64. The van der Waals surface area contributed by atoms with E-state index >= 15 is 0 Å². The van der Waals surface area contributed by atoms with Gasteiger partial charge >= 0.3 is 0 Å². The Labute approximate surface area is 121 Å². The van der Waals surface area contributed by atoms with Crippen molar-refractivity contribution in [1.29, 1.82) is 0 Å². The summed E-state index contributed by atoms with van der Waals surface area (Å²) >= 11 is 0. The van der Waals surface area contributed by atoms with Gasteiger partial charge in [0.25, 0.3) is 5.91 Å². The van der Waals surface area contributed by atoms with Crippen molar-refractivity contribution in [2.24, 2.45) is 5.92 Å². The number of amides is 1. The lowest BCUT2D eigenvalue weighted by atomic mass is 9.91. The zero-order chi connectivity index (χ0) is 14.5. The molecule has 0 radical (unpaired) electrons. The Morgan fingerprint density at radius 1 is 1.50 bits per heavy atom. The van der Waals surface area contributed by atoms with Crippen LogP contribution in [0.25, 0.3) is 0 Å². The van der Waals surface area contributed by atoms with Crippen molar-refractivity contribution < 1.29 is 4.79 Å². The van der Waals surface area contributed by atoms with Crippen molar-refractivity contribution in [2.45, 2.75) is 46.1 Å². The first-order valence-corrected chi connectivity index (χ1v) is 7.64. The number of carbonyl (C=O) groups excluding carboxylic acids is 1. The largest absolute Gasteiger partial charge is 0.384 e. The van der Waals surface area contributed by atoms with Crippen LogP contribution in [0.4, 0.5) is 5.69 Å². The number of pyridine rings is 1. The molecule has 2 rings (SSSR count). The maximum atomic E-state index is 12.8. The minimum absolute atomic E-state index is 0.107. The minimum Gasteiger partial charge on any atom is -0.384 e. The molecule has 1 N–H and O–H groups in total. The molecule has 2 atom stereocenters. The summed E-state index contributed by atoms with van der Waals surface area (Å²) in [6, 6.07) is 2.19. The molecule has 20 heavy (non-hydrogen) atoms. The lowest BCUT2D eigenvalue weighted by Crippen LogP contribution is -2.46. The van der Waals surface area contributed by atoms with Gasteiger partial charge in [0, 0.05) is 31.5 Å². The number of anilines is 1. The summed E-state index contributed by atoms with van der Waals surface area (Å²) in [7, 11) is 0. The van der Waals surface area contributed by atoms with Crippen LogP contribution in [0.5, 0.6) is 0 Å². The Morgan fingerprint density at radius 3 is 3.05 bits per heavy atom. The molecule has 1 aliphatic heterocycles. The van der Waals surface area contributed by atoms with Crippen molar-refractivity contribution >= 4 is 11.6 Å². The third kappa shape index (κ3) is 3.11. The van der Waals surface area contributed by atoms with E-state index in [1.807, 2.05) is 11.0 Å². The van der Waals surface area contributed by atoms with Crippen LogP contribution >= 0.6 is 0 Å². The van der Waals surface area contributed by atoms with E-state index in [1.54, 1.807) is 12.4 Å². The fraction of sp³-hybridized carbons (Fsp3) is 0.625. The Hall–Kier alpha value is -1.58. The van der Waals surface area contributed by atoms with Crippen LogP contribution in [0.3, 0.4) is 0 Å². The molecule has 0 saturated carbocycles. The fourth-order valence-corrected chi connectivity index (χ4v) is 2.76.